The van der Waals surface area contributed by atoms with Crippen LogP contribution in [0.5, 0.6) is 0 Å². The Morgan fingerprint density at radius 1 is 1.64 bits per heavy atom. The Morgan fingerprint density at radius 2 is 2.29 bits per heavy atom. The van der Waals surface area contributed by atoms with Crippen molar-refractivity contribution in [2.75, 3.05) is 5.75 Å². The van der Waals surface area contributed by atoms with Gasteiger partial charge in [-0.3, -0.25) is 4.79 Å². The number of hydrogen-bond donors (Lipinski definition) is 2. The lowest BCUT2D eigenvalue weighted by Gasteiger charge is -2.21. The summed E-state index contributed by atoms with van der Waals surface area (Å²) in [7, 11) is 0. The molecule has 5 nitrogen and oxygen atoms in total. The molecule has 14 heavy (non-hydrogen) atoms. The highest BCUT2D eigenvalue weighted by Gasteiger charge is 2.25. The van der Waals surface area contributed by atoms with Crippen molar-refractivity contribution in [2.45, 2.75) is 32.5 Å². The first-order valence-electron chi connectivity index (χ1n) is 4.29. The van der Waals surface area contributed by atoms with Crippen LogP contribution in [0.15, 0.2) is 0 Å². The summed E-state index contributed by atoms with van der Waals surface area (Å²) in [6.45, 7) is 5.36. The Balaban J connectivity index is 2.31. The van der Waals surface area contributed by atoms with E-state index in [-0.39, 0.29) is 11.4 Å². The minimum Gasteiger partial charge on any atom is -0.444 e. The number of amides is 2. The molecule has 0 radical (unpaired) electrons. The molecule has 1 aliphatic heterocycles. The molecule has 1 heterocycles. The highest BCUT2D eigenvalue weighted by Crippen LogP contribution is 2.12. The average molecular weight is 218 g/mol. The topological polar surface area (TPSA) is 67.4 Å². The van der Waals surface area contributed by atoms with E-state index in [0.29, 0.717) is 5.75 Å². The molecular formula is C8H14N2O3S. The Morgan fingerprint density at radius 3 is 2.71 bits per heavy atom. The Kier molecular flexibility index (Phi) is 3.25. The minimum absolute atomic E-state index is 0.119. The molecular weight excluding hydrogens is 204 g/mol. The number of carbonyl (C=O) groups excluding carboxylic acids is 2. The molecule has 2 N–H and O–H groups in total. The van der Waals surface area contributed by atoms with Crippen LogP contribution in [0, 0.1) is 0 Å². The SMILES string of the molecule is CC(C)(C)OC(=O)N[C@H]1CSC(=O)N1. The molecule has 0 saturated carbocycles. The van der Waals surface area contributed by atoms with Crippen molar-refractivity contribution in [3.8, 4) is 0 Å². The van der Waals surface area contributed by atoms with Crippen molar-refractivity contribution >= 4 is 23.1 Å². The van der Waals surface area contributed by atoms with Gasteiger partial charge in [0.25, 0.3) is 5.24 Å². The maximum Gasteiger partial charge on any atom is 0.409 e. The molecule has 1 atom stereocenters. The van der Waals surface area contributed by atoms with Crippen LogP contribution in [-0.2, 0) is 4.74 Å². The summed E-state index contributed by atoms with van der Waals surface area (Å²) in [6.07, 6.45) is -0.826. The largest absolute Gasteiger partial charge is 0.444 e. The molecule has 0 spiro atoms. The van der Waals surface area contributed by atoms with E-state index in [0.717, 1.165) is 11.8 Å². The van der Waals surface area contributed by atoms with E-state index >= 15 is 0 Å². The summed E-state index contributed by atoms with van der Waals surface area (Å²) in [4.78, 5) is 22.0. The Bertz CT molecular complexity index is 249. The second-order valence-corrected chi connectivity index (χ2v) is 4.93. The lowest BCUT2D eigenvalue weighted by atomic mass is 10.2. The molecule has 0 bridgehead atoms. The van der Waals surface area contributed by atoms with Crippen LogP contribution >= 0.6 is 11.8 Å². The second-order valence-electron chi connectivity index (χ2n) is 3.94. The third-order valence-corrected chi connectivity index (χ3v) is 2.24. The van der Waals surface area contributed by atoms with Crippen molar-refractivity contribution < 1.29 is 14.3 Å². The van der Waals surface area contributed by atoms with Crippen LogP contribution in [0.2, 0.25) is 0 Å². The van der Waals surface area contributed by atoms with Gasteiger partial charge in [-0.15, -0.1) is 0 Å². The first kappa shape index (κ1) is 11.2. The monoisotopic (exact) mass is 218 g/mol. The fourth-order valence-corrected chi connectivity index (χ4v) is 1.62. The molecule has 1 rings (SSSR count). The zero-order valence-corrected chi connectivity index (χ0v) is 9.23. The van der Waals surface area contributed by atoms with Crippen LogP contribution in [0.3, 0.4) is 0 Å². The number of hydrogen-bond acceptors (Lipinski definition) is 4. The van der Waals surface area contributed by atoms with E-state index in [1.807, 2.05) is 0 Å². The third kappa shape index (κ3) is 3.87. The molecule has 0 unspecified atom stereocenters. The number of thioether (sulfide) groups is 1. The molecule has 1 aliphatic rings. The van der Waals surface area contributed by atoms with Gasteiger partial charge in [-0.05, 0) is 20.8 Å². The maximum atomic E-state index is 11.2. The highest BCUT2D eigenvalue weighted by atomic mass is 32.2. The van der Waals surface area contributed by atoms with E-state index < -0.39 is 11.7 Å². The van der Waals surface area contributed by atoms with Crippen LogP contribution in [0.1, 0.15) is 20.8 Å². The van der Waals surface area contributed by atoms with Gasteiger partial charge in [0.05, 0.1) is 0 Å². The molecule has 0 aromatic rings. The van der Waals surface area contributed by atoms with Gasteiger partial charge in [0.15, 0.2) is 0 Å². The van der Waals surface area contributed by atoms with Gasteiger partial charge < -0.3 is 15.4 Å². The van der Waals surface area contributed by atoms with Crippen molar-refractivity contribution in [3.63, 3.8) is 0 Å². The van der Waals surface area contributed by atoms with E-state index in [2.05, 4.69) is 10.6 Å². The molecule has 2 amide bonds. The normalized spacial score (nSPS) is 21.6. The van der Waals surface area contributed by atoms with Gasteiger partial charge in [-0.1, -0.05) is 11.8 Å². The van der Waals surface area contributed by atoms with Gasteiger partial charge >= 0.3 is 6.09 Å². The van der Waals surface area contributed by atoms with Gasteiger partial charge in [0.2, 0.25) is 0 Å². The van der Waals surface area contributed by atoms with Crippen molar-refractivity contribution in [1.82, 2.24) is 10.6 Å². The zero-order valence-electron chi connectivity index (χ0n) is 8.42. The number of rotatable bonds is 1. The fraction of sp³-hybridized carbons (Fsp3) is 0.750. The maximum absolute atomic E-state index is 11.2. The number of nitrogens with one attached hydrogen (secondary N) is 2. The van der Waals surface area contributed by atoms with E-state index in [1.165, 1.54) is 0 Å². The first-order valence-corrected chi connectivity index (χ1v) is 5.28. The summed E-state index contributed by atoms with van der Waals surface area (Å²) in [6, 6.07) is 0. The highest BCUT2D eigenvalue weighted by molar-refractivity contribution is 8.13. The van der Waals surface area contributed by atoms with Crippen LogP contribution in [0.4, 0.5) is 9.59 Å². The van der Waals surface area contributed by atoms with Gasteiger partial charge in [0.1, 0.15) is 11.8 Å². The number of carbonyl (C=O) groups is 2. The number of ether oxygens (including phenoxy) is 1. The third-order valence-electron chi connectivity index (χ3n) is 1.36. The van der Waals surface area contributed by atoms with E-state index in [9.17, 15) is 9.59 Å². The summed E-state index contributed by atoms with van der Waals surface area (Å²) in [5, 5.41) is 5.02. The molecule has 80 valence electrons. The summed E-state index contributed by atoms with van der Waals surface area (Å²) in [5.74, 6) is 0.540. The summed E-state index contributed by atoms with van der Waals surface area (Å²) in [5.41, 5.74) is -0.514. The van der Waals surface area contributed by atoms with Gasteiger partial charge in [-0.2, -0.15) is 0 Å². The molecule has 1 saturated heterocycles. The predicted molar refractivity (Wildman–Crippen MR) is 54.1 cm³/mol. The number of alkyl carbamates (subject to hydrolysis) is 1. The lowest BCUT2D eigenvalue weighted by Crippen LogP contribution is -2.45. The van der Waals surface area contributed by atoms with Crippen LogP contribution < -0.4 is 10.6 Å². The van der Waals surface area contributed by atoms with Crippen LogP contribution in [-0.4, -0.2) is 28.9 Å². The lowest BCUT2D eigenvalue weighted by molar-refractivity contribution is 0.0506. The van der Waals surface area contributed by atoms with E-state index in [4.69, 9.17) is 4.74 Å². The molecule has 6 heteroatoms. The molecule has 0 aromatic heterocycles. The van der Waals surface area contributed by atoms with Gasteiger partial charge in [-0.25, -0.2) is 4.79 Å². The van der Waals surface area contributed by atoms with Crippen molar-refractivity contribution in [1.29, 1.82) is 0 Å². The van der Waals surface area contributed by atoms with Crippen molar-refractivity contribution in [3.05, 3.63) is 0 Å². The molecule has 1 fully saturated rings. The molecule has 0 aromatic carbocycles. The van der Waals surface area contributed by atoms with Gasteiger partial charge in [0, 0.05) is 5.75 Å². The smallest absolute Gasteiger partial charge is 0.409 e. The van der Waals surface area contributed by atoms with Crippen molar-refractivity contribution in [2.24, 2.45) is 0 Å². The predicted octanol–water partition coefficient (Wildman–Crippen LogP) is 1.29. The average Bonchev–Trinajstić information content (AvgIpc) is 2.30. The summed E-state index contributed by atoms with van der Waals surface area (Å²) >= 11 is 1.15. The Labute approximate surface area is 86.9 Å². The summed E-state index contributed by atoms with van der Waals surface area (Å²) < 4.78 is 5.02. The fourth-order valence-electron chi connectivity index (χ4n) is 0.912. The Hall–Kier alpha value is -0.910. The van der Waals surface area contributed by atoms with Crippen LogP contribution in [0.25, 0.3) is 0 Å². The zero-order chi connectivity index (χ0) is 10.8. The first-order chi connectivity index (χ1) is 6.37. The second kappa shape index (κ2) is 4.08. The quantitative estimate of drug-likeness (QED) is 0.696. The van der Waals surface area contributed by atoms with E-state index in [1.54, 1.807) is 20.8 Å². The molecule has 0 aliphatic carbocycles. The minimum atomic E-state index is -0.514. The standard InChI is InChI=1S/C8H14N2O3S/c1-8(2,3)13-6(11)9-5-4-14-7(12)10-5/h5H,4H2,1-3H3,(H,9,11)(H,10,12)/t5-/m1/s1.